The summed E-state index contributed by atoms with van der Waals surface area (Å²) in [6.45, 7) is 7.48. The fourth-order valence-corrected chi connectivity index (χ4v) is 6.16. The van der Waals surface area contributed by atoms with Gasteiger partial charge in [0.1, 0.15) is 17.2 Å². The third-order valence-corrected chi connectivity index (χ3v) is 8.68. The first-order valence-electron chi connectivity index (χ1n) is 17.0. The Bertz CT molecular complexity index is 981. The van der Waals surface area contributed by atoms with Gasteiger partial charge in [0.2, 0.25) is 0 Å². The standard InChI is InChI=1S/C38H56O4/c1-3-5-7-9-10-12-16-30-40-35-24-22-34(23-25-35)38(39)42-37-28-26-36(27-29-37)41-31-17-21-33-20-15-14-19-32(33)18-13-11-8-6-4-2/h3,22-29,32-33H,1,4-21,30-31H2,2H3. The van der Waals surface area contributed by atoms with E-state index in [9.17, 15) is 4.79 Å². The smallest absolute Gasteiger partial charge is 0.343 e. The minimum atomic E-state index is -0.373. The molecule has 1 aliphatic carbocycles. The van der Waals surface area contributed by atoms with Gasteiger partial charge in [0.15, 0.2) is 0 Å². The van der Waals surface area contributed by atoms with E-state index in [1.165, 1.54) is 96.3 Å². The van der Waals surface area contributed by atoms with Crippen LogP contribution in [0.15, 0.2) is 61.2 Å². The molecule has 2 atom stereocenters. The van der Waals surface area contributed by atoms with Crippen LogP contribution < -0.4 is 14.2 Å². The van der Waals surface area contributed by atoms with E-state index in [1.54, 1.807) is 24.3 Å². The summed E-state index contributed by atoms with van der Waals surface area (Å²) < 4.78 is 17.4. The fraction of sp³-hybridized carbons (Fsp3) is 0.605. The Kier molecular flexibility index (Phi) is 16.9. The molecule has 3 rings (SSSR count). The molecule has 0 aliphatic heterocycles. The van der Waals surface area contributed by atoms with Gasteiger partial charge in [-0.3, -0.25) is 0 Å². The summed E-state index contributed by atoms with van der Waals surface area (Å²) in [5, 5.41) is 0. The highest BCUT2D eigenvalue weighted by atomic mass is 16.5. The second kappa shape index (κ2) is 21.0. The molecule has 0 saturated heterocycles. The summed E-state index contributed by atoms with van der Waals surface area (Å²) in [5.41, 5.74) is 0.506. The van der Waals surface area contributed by atoms with Crippen LogP contribution in [0.4, 0.5) is 0 Å². The molecule has 0 amide bonds. The topological polar surface area (TPSA) is 44.8 Å². The highest BCUT2D eigenvalue weighted by Crippen LogP contribution is 2.36. The molecule has 0 radical (unpaired) electrons. The molecule has 0 N–H and O–H groups in total. The number of benzene rings is 2. The van der Waals surface area contributed by atoms with E-state index in [0.29, 0.717) is 17.9 Å². The molecule has 0 aromatic heterocycles. The van der Waals surface area contributed by atoms with Crippen LogP contribution in [0, 0.1) is 11.8 Å². The predicted octanol–water partition coefficient (Wildman–Crippen LogP) is 11.1. The lowest BCUT2D eigenvalue weighted by atomic mass is 9.74. The summed E-state index contributed by atoms with van der Waals surface area (Å²) in [4.78, 5) is 12.6. The first kappa shape index (κ1) is 33.7. The maximum absolute atomic E-state index is 12.6. The van der Waals surface area contributed by atoms with Crippen molar-refractivity contribution in [2.45, 2.75) is 122 Å². The Morgan fingerprint density at radius 3 is 1.88 bits per heavy atom. The van der Waals surface area contributed by atoms with Crippen LogP contribution >= 0.6 is 0 Å². The van der Waals surface area contributed by atoms with Crippen LogP contribution in [0.25, 0.3) is 0 Å². The molecule has 2 unspecified atom stereocenters. The van der Waals surface area contributed by atoms with Crippen molar-refractivity contribution < 1.29 is 19.0 Å². The summed E-state index contributed by atoms with van der Waals surface area (Å²) in [5.74, 6) is 3.54. The number of hydrogen-bond donors (Lipinski definition) is 0. The van der Waals surface area contributed by atoms with Gasteiger partial charge in [-0.1, -0.05) is 96.5 Å². The molecule has 1 fully saturated rings. The van der Waals surface area contributed by atoms with Gasteiger partial charge in [-0.25, -0.2) is 4.79 Å². The molecule has 1 aliphatic rings. The maximum Gasteiger partial charge on any atom is 0.343 e. The molecule has 0 bridgehead atoms. The molecule has 2 aromatic rings. The quantitative estimate of drug-likeness (QED) is 0.0605. The molecule has 232 valence electrons. The second-order valence-corrected chi connectivity index (χ2v) is 12.1. The van der Waals surface area contributed by atoms with Gasteiger partial charge < -0.3 is 14.2 Å². The van der Waals surface area contributed by atoms with Crippen molar-refractivity contribution in [1.29, 1.82) is 0 Å². The van der Waals surface area contributed by atoms with Crippen LogP contribution in [-0.2, 0) is 0 Å². The summed E-state index contributed by atoms with van der Waals surface area (Å²) in [6.07, 6.45) is 25.4. The lowest BCUT2D eigenvalue weighted by Crippen LogP contribution is -2.20. The lowest BCUT2D eigenvalue weighted by molar-refractivity contribution is 0.0734. The number of allylic oxidation sites excluding steroid dienone is 1. The predicted molar refractivity (Wildman–Crippen MR) is 175 cm³/mol. The van der Waals surface area contributed by atoms with Crippen molar-refractivity contribution >= 4 is 5.97 Å². The zero-order chi connectivity index (χ0) is 29.7. The van der Waals surface area contributed by atoms with E-state index in [4.69, 9.17) is 14.2 Å². The van der Waals surface area contributed by atoms with E-state index in [-0.39, 0.29) is 5.97 Å². The zero-order valence-electron chi connectivity index (χ0n) is 26.3. The van der Waals surface area contributed by atoms with Crippen molar-refractivity contribution in [2.75, 3.05) is 13.2 Å². The summed E-state index contributed by atoms with van der Waals surface area (Å²) in [7, 11) is 0. The van der Waals surface area contributed by atoms with Crippen molar-refractivity contribution in [3.8, 4) is 17.2 Å². The summed E-state index contributed by atoms with van der Waals surface area (Å²) in [6, 6.07) is 14.6. The third-order valence-electron chi connectivity index (χ3n) is 8.68. The van der Waals surface area contributed by atoms with Crippen LogP contribution in [0.1, 0.15) is 133 Å². The minimum Gasteiger partial charge on any atom is -0.494 e. The number of carbonyl (C=O) groups excluding carboxylic acids is 1. The van der Waals surface area contributed by atoms with Gasteiger partial charge >= 0.3 is 5.97 Å². The number of ether oxygens (including phenoxy) is 3. The number of rotatable bonds is 22. The molecule has 0 spiro atoms. The molecule has 0 heterocycles. The highest BCUT2D eigenvalue weighted by Gasteiger charge is 2.24. The molecule has 1 saturated carbocycles. The molecular weight excluding hydrogens is 520 g/mol. The zero-order valence-corrected chi connectivity index (χ0v) is 26.3. The summed E-state index contributed by atoms with van der Waals surface area (Å²) >= 11 is 0. The van der Waals surface area contributed by atoms with E-state index in [2.05, 4.69) is 13.5 Å². The van der Waals surface area contributed by atoms with Crippen molar-refractivity contribution in [3.63, 3.8) is 0 Å². The normalized spacial score (nSPS) is 16.6. The van der Waals surface area contributed by atoms with E-state index in [1.807, 2.05) is 30.3 Å². The second-order valence-electron chi connectivity index (χ2n) is 12.1. The first-order chi connectivity index (χ1) is 20.7. The Labute approximate surface area is 256 Å². The van der Waals surface area contributed by atoms with E-state index < -0.39 is 0 Å². The van der Waals surface area contributed by atoms with Crippen molar-refractivity contribution in [3.05, 3.63) is 66.7 Å². The van der Waals surface area contributed by atoms with E-state index >= 15 is 0 Å². The number of esters is 1. The fourth-order valence-electron chi connectivity index (χ4n) is 6.16. The lowest BCUT2D eigenvalue weighted by Gasteiger charge is -2.31. The molecule has 4 heteroatoms. The molecule has 42 heavy (non-hydrogen) atoms. The van der Waals surface area contributed by atoms with Gasteiger partial charge in [-0.2, -0.15) is 0 Å². The highest BCUT2D eigenvalue weighted by molar-refractivity contribution is 5.91. The van der Waals surface area contributed by atoms with Gasteiger partial charge in [-0.05, 0) is 92.5 Å². The van der Waals surface area contributed by atoms with Gasteiger partial charge in [0.25, 0.3) is 0 Å². The Hall–Kier alpha value is -2.75. The number of carbonyl (C=O) groups is 1. The SMILES string of the molecule is C=CCCCCCCCOc1ccc(C(=O)Oc2ccc(OCCCC3CCCCC3CCCCCCC)cc2)cc1. The largest absolute Gasteiger partial charge is 0.494 e. The monoisotopic (exact) mass is 576 g/mol. The van der Waals surface area contributed by atoms with Gasteiger partial charge in [0.05, 0.1) is 18.8 Å². The van der Waals surface area contributed by atoms with E-state index in [0.717, 1.165) is 49.2 Å². The molecule has 2 aromatic carbocycles. The average Bonchev–Trinajstić information content (AvgIpc) is 3.02. The third kappa shape index (κ3) is 13.5. The molecule has 4 nitrogen and oxygen atoms in total. The van der Waals surface area contributed by atoms with Crippen LogP contribution in [-0.4, -0.2) is 19.2 Å². The average molecular weight is 577 g/mol. The van der Waals surface area contributed by atoms with Crippen LogP contribution in [0.2, 0.25) is 0 Å². The Morgan fingerprint density at radius 2 is 1.21 bits per heavy atom. The van der Waals surface area contributed by atoms with Crippen molar-refractivity contribution in [2.24, 2.45) is 11.8 Å². The number of hydrogen-bond acceptors (Lipinski definition) is 4. The molecular formula is C38H56O4. The Balaban J connectivity index is 1.30. The minimum absolute atomic E-state index is 0.373. The van der Waals surface area contributed by atoms with Crippen LogP contribution in [0.3, 0.4) is 0 Å². The number of unbranched alkanes of at least 4 members (excludes halogenated alkanes) is 9. The first-order valence-corrected chi connectivity index (χ1v) is 17.0. The van der Waals surface area contributed by atoms with Crippen LogP contribution in [0.5, 0.6) is 17.2 Å². The maximum atomic E-state index is 12.6. The Morgan fingerprint density at radius 1 is 0.690 bits per heavy atom. The van der Waals surface area contributed by atoms with Gasteiger partial charge in [-0.15, -0.1) is 6.58 Å². The van der Waals surface area contributed by atoms with Gasteiger partial charge in [0, 0.05) is 0 Å². The van der Waals surface area contributed by atoms with Crippen molar-refractivity contribution in [1.82, 2.24) is 0 Å².